The van der Waals surface area contributed by atoms with Crippen molar-refractivity contribution in [1.29, 1.82) is 0 Å². The number of aliphatic imine (C=N–C) groups is 1. The van der Waals surface area contributed by atoms with Gasteiger partial charge in [-0.1, -0.05) is 33.8 Å². The number of carbonyl (C=O) groups is 2. The molecule has 2 atom stereocenters. The second kappa shape index (κ2) is 9.88. The summed E-state index contributed by atoms with van der Waals surface area (Å²) < 4.78 is 16.9. The second-order valence-electron chi connectivity index (χ2n) is 9.44. The van der Waals surface area contributed by atoms with E-state index in [4.69, 9.17) is 19.2 Å². The highest BCUT2D eigenvalue weighted by Gasteiger charge is 2.47. The van der Waals surface area contributed by atoms with E-state index in [1.165, 1.54) is 0 Å². The number of esters is 1. The van der Waals surface area contributed by atoms with Crippen LogP contribution in [0, 0.1) is 11.3 Å². The molecule has 1 aromatic carbocycles. The Morgan fingerprint density at radius 1 is 1.09 bits per heavy atom. The van der Waals surface area contributed by atoms with Crippen LogP contribution in [0.2, 0.25) is 0 Å². The van der Waals surface area contributed by atoms with Crippen LogP contribution in [0.1, 0.15) is 71.8 Å². The van der Waals surface area contributed by atoms with E-state index in [1.807, 2.05) is 39.0 Å². The van der Waals surface area contributed by atoms with Crippen LogP contribution in [-0.4, -0.2) is 37.8 Å². The molecule has 0 aromatic heterocycles. The fourth-order valence-electron chi connectivity index (χ4n) is 4.70. The average Bonchev–Trinajstić information content (AvgIpc) is 2.74. The van der Waals surface area contributed by atoms with Crippen LogP contribution < -0.4 is 9.47 Å². The molecule has 6 heteroatoms. The van der Waals surface area contributed by atoms with Crippen molar-refractivity contribution in [2.24, 2.45) is 16.3 Å². The van der Waals surface area contributed by atoms with Crippen molar-refractivity contribution >= 4 is 17.5 Å². The molecular formula is C26H35NO5. The molecule has 1 fully saturated rings. The summed E-state index contributed by atoms with van der Waals surface area (Å²) in [5.41, 5.74) is 2.63. The molecule has 1 aliphatic carbocycles. The molecule has 0 amide bonds. The highest BCUT2D eigenvalue weighted by Crippen LogP contribution is 2.48. The van der Waals surface area contributed by atoms with E-state index in [1.54, 1.807) is 7.11 Å². The van der Waals surface area contributed by atoms with E-state index in [9.17, 15) is 9.59 Å². The van der Waals surface area contributed by atoms with Gasteiger partial charge in [-0.2, -0.15) is 0 Å². The molecule has 0 bridgehead atoms. The summed E-state index contributed by atoms with van der Waals surface area (Å²) in [7, 11) is 1.59. The number of ketones is 1. The van der Waals surface area contributed by atoms with Crippen molar-refractivity contribution in [2.75, 3.05) is 20.3 Å². The summed E-state index contributed by atoms with van der Waals surface area (Å²) in [6.07, 6.45) is 2.79. The summed E-state index contributed by atoms with van der Waals surface area (Å²) in [6.45, 7) is 10.9. The van der Waals surface area contributed by atoms with Crippen LogP contribution in [0.4, 0.5) is 0 Å². The number of hydrogen-bond donors (Lipinski definition) is 0. The van der Waals surface area contributed by atoms with Gasteiger partial charge >= 0.3 is 5.97 Å². The number of rotatable bonds is 8. The van der Waals surface area contributed by atoms with Gasteiger partial charge in [-0.15, -0.1) is 0 Å². The van der Waals surface area contributed by atoms with Gasteiger partial charge in [0.1, 0.15) is 5.78 Å². The van der Waals surface area contributed by atoms with Gasteiger partial charge in [0.15, 0.2) is 11.5 Å². The monoisotopic (exact) mass is 441 g/mol. The number of benzene rings is 1. The number of nitrogens with zero attached hydrogens (tertiary/aromatic N) is 1. The lowest BCUT2D eigenvalue weighted by Gasteiger charge is -2.41. The molecule has 1 aromatic rings. The third-order valence-corrected chi connectivity index (χ3v) is 6.03. The van der Waals surface area contributed by atoms with Crippen LogP contribution in [-0.2, 0) is 14.3 Å². The maximum atomic E-state index is 13.4. The Morgan fingerprint density at radius 3 is 2.47 bits per heavy atom. The van der Waals surface area contributed by atoms with Crippen molar-refractivity contribution in [3.8, 4) is 11.5 Å². The Morgan fingerprint density at radius 2 is 1.81 bits per heavy atom. The Bertz CT molecular complexity index is 944. The SMILES string of the molecule is CCCOC(=O)C1=C(C)N=C2CC(C)(C)CC(=O)C2[C@@H]1c1ccc(OCCC)c(OC)c1. The quantitative estimate of drug-likeness (QED) is 0.515. The van der Waals surface area contributed by atoms with Crippen LogP contribution in [0.15, 0.2) is 34.5 Å². The Labute approximate surface area is 191 Å². The molecule has 6 nitrogen and oxygen atoms in total. The van der Waals surface area contributed by atoms with Crippen molar-refractivity contribution < 1.29 is 23.8 Å². The minimum absolute atomic E-state index is 0.114. The van der Waals surface area contributed by atoms with E-state index in [0.29, 0.717) is 42.4 Å². The summed E-state index contributed by atoms with van der Waals surface area (Å²) in [5, 5.41) is 0. The maximum absolute atomic E-state index is 13.4. The first-order valence-corrected chi connectivity index (χ1v) is 11.5. The zero-order valence-corrected chi connectivity index (χ0v) is 20.1. The summed E-state index contributed by atoms with van der Waals surface area (Å²) in [6, 6.07) is 5.66. The molecule has 174 valence electrons. The summed E-state index contributed by atoms with van der Waals surface area (Å²) in [4.78, 5) is 31.2. The predicted octanol–water partition coefficient (Wildman–Crippen LogP) is 5.25. The fourth-order valence-corrected chi connectivity index (χ4v) is 4.70. The smallest absolute Gasteiger partial charge is 0.336 e. The van der Waals surface area contributed by atoms with Crippen LogP contribution >= 0.6 is 0 Å². The number of methoxy groups -OCH3 is 1. The van der Waals surface area contributed by atoms with Crippen molar-refractivity contribution in [3.63, 3.8) is 0 Å². The largest absolute Gasteiger partial charge is 0.493 e. The standard InChI is InChI=1S/C26H35NO5/c1-7-11-31-20-10-9-17(13-21(20)30-6)23-22(25(29)32-12-8-2)16(3)27-18-14-26(4,5)15-19(28)24(18)23/h9-10,13,23-24H,7-8,11-12,14-15H2,1-6H3/t23-,24?/m1/s1. The molecule has 1 saturated carbocycles. The minimum atomic E-state index is -0.469. The van der Waals surface area contributed by atoms with Gasteiger partial charge in [0.05, 0.1) is 31.8 Å². The lowest BCUT2D eigenvalue weighted by atomic mass is 9.63. The molecule has 1 aliphatic heterocycles. The first-order chi connectivity index (χ1) is 15.2. The Balaban J connectivity index is 2.12. The molecule has 0 spiro atoms. The number of carbonyl (C=O) groups excluding carboxylic acids is 2. The van der Waals surface area contributed by atoms with Gasteiger partial charge in [0.2, 0.25) is 0 Å². The molecule has 0 N–H and O–H groups in total. The fraction of sp³-hybridized carbons (Fsp3) is 0.577. The molecule has 32 heavy (non-hydrogen) atoms. The highest BCUT2D eigenvalue weighted by atomic mass is 16.5. The van der Waals surface area contributed by atoms with Gasteiger partial charge in [0.25, 0.3) is 0 Å². The number of fused-ring (bicyclic) bond motifs is 1. The van der Waals surface area contributed by atoms with Gasteiger partial charge in [-0.05, 0) is 49.3 Å². The first kappa shape index (κ1) is 24.0. The molecule has 1 unspecified atom stereocenters. The molecular weight excluding hydrogens is 406 g/mol. The zero-order valence-electron chi connectivity index (χ0n) is 20.1. The predicted molar refractivity (Wildman–Crippen MR) is 124 cm³/mol. The minimum Gasteiger partial charge on any atom is -0.493 e. The molecule has 3 rings (SSSR count). The number of ether oxygens (including phenoxy) is 3. The Kier molecular flexibility index (Phi) is 7.42. The molecule has 1 heterocycles. The van der Waals surface area contributed by atoms with E-state index >= 15 is 0 Å². The summed E-state index contributed by atoms with van der Waals surface area (Å²) >= 11 is 0. The van der Waals surface area contributed by atoms with Crippen molar-refractivity contribution in [2.45, 2.75) is 66.2 Å². The second-order valence-corrected chi connectivity index (χ2v) is 9.44. The third kappa shape index (κ3) is 4.89. The Hall–Kier alpha value is -2.63. The van der Waals surface area contributed by atoms with Gasteiger partial charge in [-0.3, -0.25) is 9.79 Å². The van der Waals surface area contributed by atoms with Crippen LogP contribution in [0.5, 0.6) is 11.5 Å². The van der Waals surface area contributed by atoms with Crippen LogP contribution in [0.25, 0.3) is 0 Å². The number of Topliss-reactive ketones (excluding diaryl/α,β-unsaturated/α-hetero) is 1. The zero-order chi connectivity index (χ0) is 23.5. The van der Waals surface area contributed by atoms with Gasteiger partial charge < -0.3 is 14.2 Å². The van der Waals surface area contributed by atoms with E-state index in [-0.39, 0.29) is 11.2 Å². The van der Waals surface area contributed by atoms with E-state index in [2.05, 4.69) is 13.8 Å². The van der Waals surface area contributed by atoms with E-state index in [0.717, 1.165) is 30.5 Å². The molecule has 0 radical (unpaired) electrons. The first-order valence-electron chi connectivity index (χ1n) is 11.5. The maximum Gasteiger partial charge on any atom is 0.336 e. The molecule has 2 aliphatic rings. The van der Waals surface area contributed by atoms with Gasteiger partial charge in [-0.25, -0.2) is 4.79 Å². The summed E-state index contributed by atoms with van der Waals surface area (Å²) in [5.74, 6) is 0.0217. The topological polar surface area (TPSA) is 74.2 Å². The average molecular weight is 442 g/mol. The third-order valence-electron chi connectivity index (χ3n) is 6.03. The van der Waals surface area contributed by atoms with Crippen molar-refractivity contribution in [1.82, 2.24) is 0 Å². The lowest BCUT2D eigenvalue weighted by Crippen LogP contribution is -2.44. The van der Waals surface area contributed by atoms with E-state index < -0.39 is 17.8 Å². The lowest BCUT2D eigenvalue weighted by molar-refractivity contribution is -0.139. The van der Waals surface area contributed by atoms with Crippen LogP contribution in [0.3, 0.4) is 0 Å². The highest BCUT2D eigenvalue weighted by molar-refractivity contribution is 6.12. The van der Waals surface area contributed by atoms with Crippen molar-refractivity contribution in [3.05, 3.63) is 35.0 Å². The van der Waals surface area contributed by atoms with Gasteiger partial charge in [0, 0.05) is 23.7 Å². The molecule has 0 saturated heterocycles. The normalized spacial score (nSPS) is 22.2. The number of hydrogen-bond acceptors (Lipinski definition) is 6. The number of allylic oxidation sites excluding steroid dienone is 1.